The molecule has 2 aromatic rings. The Hall–Kier alpha value is -1.60. The molecule has 0 fully saturated rings. The Labute approximate surface area is 123 Å². The minimum absolute atomic E-state index is 0.936. The highest BCUT2D eigenvalue weighted by atomic mass is 14.8. The Bertz CT molecular complexity index is 584. The summed E-state index contributed by atoms with van der Waals surface area (Å²) >= 11 is 0. The van der Waals surface area contributed by atoms with E-state index in [9.17, 15) is 0 Å². The molecule has 0 aliphatic carbocycles. The van der Waals surface area contributed by atoms with E-state index in [2.05, 4.69) is 69.4 Å². The zero-order valence-corrected chi connectivity index (χ0v) is 13.1. The van der Waals surface area contributed by atoms with Crippen molar-refractivity contribution < 1.29 is 0 Å². The summed E-state index contributed by atoms with van der Waals surface area (Å²) in [7, 11) is 0. The summed E-state index contributed by atoms with van der Waals surface area (Å²) in [6.45, 7) is 10.7. The van der Waals surface area contributed by atoms with E-state index in [1.165, 1.54) is 33.4 Å². The molecule has 0 aromatic heterocycles. The number of benzene rings is 2. The van der Waals surface area contributed by atoms with E-state index >= 15 is 0 Å². The van der Waals surface area contributed by atoms with Gasteiger partial charge >= 0.3 is 0 Å². The van der Waals surface area contributed by atoms with Crippen molar-refractivity contribution in [2.75, 3.05) is 0 Å². The molecule has 0 saturated heterocycles. The number of aryl methyl sites for hydroxylation is 4. The molecule has 0 spiro atoms. The average molecular weight is 267 g/mol. The van der Waals surface area contributed by atoms with Crippen molar-refractivity contribution in [3.63, 3.8) is 0 Å². The Kier molecular flexibility index (Phi) is 4.97. The van der Waals surface area contributed by atoms with Gasteiger partial charge in [0.05, 0.1) is 0 Å². The minimum atomic E-state index is 0.936. The monoisotopic (exact) mass is 267 g/mol. The molecular weight excluding hydrogens is 242 g/mol. The highest BCUT2D eigenvalue weighted by molar-refractivity contribution is 5.36. The van der Waals surface area contributed by atoms with E-state index in [0.717, 1.165) is 19.5 Å². The number of rotatable bonds is 5. The van der Waals surface area contributed by atoms with Crippen LogP contribution in [0, 0.1) is 20.8 Å². The van der Waals surface area contributed by atoms with Crippen LogP contribution in [-0.4, -0.2) is 0 Å². The van der Waals surface area contributed by atoms with Crippen LogP contribution in [-0.2, 0) is 19.5 Å². The fourth-order valence-corrected chi connectivity index (χ4v) is 2.62. The molecule has 2 aromatic carbocycles. The number of nitrogens with one attached hydrogen (secondary N) is 1. The lowest BCUT2D eigenvalue weighted by Crippen LogP contribution is -2.15. The van der Waals surface area contributed by atoms with Crippen molar-refractivity contribution in [1.82, 2.24) is 5.32 Å². The topological polar surface area (TPSA) is 12.0 Å². The lowest BCUT2D eigenvalue weighted by atomic mass is 10.0. The molecule has 106 valence electrons. The van der Waals surface area contributed by atoms with Gasteiger partial charge < -0.3 is 5.32 Å². The Morgan fingerprint density at radius 3 is 2.05 bits per heavy atom. The SMILES string of the molecule is CCc1ccccc1CNCc1cc(C)c(C)cc1C. The van der Waals surface area contributed by atoms with Gasteiger partial charge in [-0.3, -0.25) is 0 Å². The van der Waals surface area contributed by atoms with Gasteiger partial charge in [0.2, 0.25) is 0 Å². The largest absolute Gasteiger partial charge is 0.309 e. The van der Waals surface area contributed by atoms with Crippen LogP contribution in [0.1, 0.15) is 40.3 Å². The van der Waals surface area contributed by atoms with Crippen molar-refractivity contribution >= 4 is 0 Å². The van der Waals surface area contributed by atoms with Crippen molar-refractivity contribution in [2.45, 2.75) is 47.2 Å². The molecule has 1 heteroatoms. The second-order valence-electron chi connectivity index (χ2n) is 5.59. The lowest BCUT2D eigenvalue weighted by molar-refractivity contribution is 0.685. The zero-order valence-electron chi connectivity index (χ0n) is 13.1. The van der Waals surface area contributed by atoms with Gasteiger partial charge in [0.1, 0.15) is 0 Å². The second-order valence-corrected chi connectivity index (χ2v) is 5.59. The first-order chi connectivity index (χ1) is 9.61. The van der Waals surface area contributed by atoms with Gasteiger partial charge in [-0.05, 0) is 60.6 Å². The van der Waals surface area contributed by atoms with Gasteiger partial charge in [-0.2, -0.15) is 0 Å². The van der Waals surface area contributed by atoms with Crippen LogP contribution in [0.15, 0.2) is 36.4 Å². The summed E-state index contributed by atoms with van der Waals surface area (Å²) in [5, 5.41) is 3.58. The van der Waals surface area contributed by atoms with E-state index in [1.807, 2.05) is 0 Å². The van der Waals surface area contributed by atoms with Crippen molar-refractivity contribution in [1.29, 1.82) is 0 Å². The fourth-order valence-electron chi connectivity index (χ4n) is 2.62. The molecule has 0 aliphatic rings. The van der Waals surface area contributed by atoms with Crippen LogP contribution in [0.5, 0.6) is 0 Å². The Morgan fingerprint density at radius 1 is 0.750 bits per heavy atom. The Balaban J connectivity index is 2.01. The van der Waals surface area contributed by atoms with E-state index in [4.69, 9.17) is 0 Å². The fraction of sp³-hybridized carbons (Fsp3) is 0.368. The predicted molar refractivity (Wildman–Crippen MR) is 87.0 cm³/mol. The summed E-state index contributed by atoms with van der Waals surface area (Å²) in [5.41, 5.74) is 8.39. The maximum Gasteiger partial charge on any atom is 0.0211 e. The van der Waals surface area contributed by atoms with Crippen LogP contribution in [0.4, 0.5) is 0 Å². The number of hydrogen-bond acceptors (Lipinski definition) is 1. The van der Waals surface area contributed by atoms with Gasteiger partial charge in [-0.25, -0.2) is 0 Å². The highest BCUT2D eigenvalue weighted by Gasteiger charge is 2.03. The Morgan fingerprint density at radius 2 is 1.35 bits per heavy atom. The zero-order chi connectivity index (χ0) is 14.5. The van der Waals surface area contributed by atoms with Crippen LogP contribution in [0.25, 0.3) is 0 Å². The van der Waals surface area contributed by atoms with Crippen molar-refractivity contribution in [2.24, 2.45) is 0 Å². The van der Waals surface area contributed by atoms with Crippen LogP contribution >= 0.6 is 0 Å². The molecule has 0 saturated carbocycles. The van der Waals surface area contributed by atoms with Gasteiger partial charge in [0.15, 0.2) is 0 Å². The quantitative estimate of drug-likeness (QED) is 0.843. The molecule has 2 rings (SSSR count). The highest BCUT2D eigenvalue weighted by Crippen LogP contribution is 2.15. The van der Waals surface area contributed by atoms with Gasteiger partial charge in [0, 0.05) is 13.1 Å². The molecular formula is C19H25N. The molecule has 0 radical (unpaired) electrons. The van der Waals surface area contributed by atoms with Crippen molar-refractivity contribution in [3.8, 4) is 0 Å². The van der Waals surface area contributed by atoms with Crippen LogP contribution in [0.3, 0.4) is 0 Å². The van der Waals surface area contributed by atoms with E-state index in [1.54, 1.807) is 0 Å². The van der Waals surface area contributed by atoms with Crippen LogP contribution < -0.4 is 5.32 Å². The lowest BCUT2D eigenvalue weighted by Gasteiger charge is -2.12. The molecule has 0 atom stereocenters. The molecule has 20 heavy (non-hydrogen) atoms. The minimum Gasteiger partial charge on any atom is -0.309 e. The van der Waals surface area contributed by atoms with Gasteiger partial charge in [-0.1, -0.05) is 43.3 Å². The number of hydrogen-bond donors (Lipinski definition) is 1. The second kappa shape index (κ2) is 6.71. The smallest absolute Gasteiger partial charge is 0.0211 e. The summed E-state index contributed by atoms with van der Waals surface area (Å²) in [6.07, 6.45) is 1.10. The van der Waals surface area contributed by atoms with E-state index in [-0.39, 0.29) is 0 Å². The molecule has 1 nitrogen and oxygen atoms in total. The molecule has 0 unspecified atom stereocenters. The van der Waals surface area contributed by atoms with E-state index < -0.39 is 0 Å². The standard InChI is InChI=1S/C19H25N/c1-5-17-8-6-7-9-18(17)12-20-13-19-11-15(3)14(2)10-16(19)4/h6-11,20H,5,12-13H2,1-4H3. The van der Waals surface area contributed by atoms with Gasteiger partial charge in [0.25, 0.3) is 0 Å². The molecule has 0 bridgehead atoms. The summed E-state index contributed by atoms with van der Waals surface area (Å²) < 4.78 is 0. The summed E-state index contributed by atoms with van der Waals surface area (Å²) in [4.78, 5) is 0. The normalized spacial score (nSPS) is 10.8. The van der Waals surface area contributed by atoms with Crippen molar-refractivity contribution in [3.05, 3.63) is 69.8 Å². The summed E-state index contributed by atoms with van der Waals surface area (Å²) in [5.74, 6) is 0. The first-order valence-corrected chi connectivity index (χ1v) is 7.46. The van der Waals surface area contributed by atoms with E-state index in [0.29, 0.717) is 0 Å². The first-order valence-electron chi connectivity index (χ1n) is 7.46. The predicted octanol–water partition coefficient (Wildman–Crippen LogP) is 4.46. The maximum absolute atomic E-state index is 3.58. The third-order valence-electron chi connectivity index (χ3n) is 4.08. The first kappa shape index (κ1) is 14.8. The third-order valence-corrected chi connectivity index (χ3v) is 4.08. The molecule has 0 amide bonds. The third kappa shape index (κ3) is 3.49. The van der Waals surface area contributed by atoms with Crippen LogP contribution in [0.2, 0.25) is 0 Å². The summed E-state index contributed by atoms with van der Waals surface area (Å²) in [6, 6.07) is 13.3. The maximum atomic E-state index is 3.58. The average Bonchev–Trinajstić information content (AvgIpc) is 2.45. The molecule has 1 N–H and O–H groups in total. The molecule has 0 aliphatic heterocycles. The molecule has 0 heterocycles. The van der Waals surface area contributed by atoms with Gasteiger partial charge in [-0.15, -0.1) is 0 Å².